The van der Waals surface area contributed by atoms with Gasteiger partial charge in [0, 0.05) is 18.4 Å². The number of hydrogen-bond acceptors (Lipinski definition) is 7. The second-order valence-corrected chi connectivity index (χ2v) is 8.68. The summed E-state index contributed by atoms with van der Waals surface area (Å²) in [6, 6.07) is 22.3. The van der Waals surface area contributed by atoms with Gasteiger partial charge in [0.05, 0.1) is 17.5 Å². The smallest absolute Gasteiger partial charge is 0.335 e. The minimum atomic E-state index is -1.04. The van der Waals surface area contributed by atoms with Crippen LogP contribution in [0.5, 0.6) is 5.75 Å². The lowest BCUT2D eigenvalue weighted by Gasteiger charge is -2.28. The van der Waals surface area contributed by atoms with Crippen LogP contribution >= 0.6 is 0 Å². The van der Waals surface area contributed by atoms with E-state index >= 15 is 0 Å². The van der Waals surface area contributed by atoms with E-state index in [2.05, 4.69) is 20.5 Å². The highest BCUT2D eigenvalue weighted by atomic mass is 16.5. The van der Waals surface area contributed by atoms with Crippen LogP contribution in [0.4, 0.5) is 0 Å². The van der Waals surface area contributed by atoms with Gasteiger partial charge in [-0.3, -0.25) is 10.2 Å². The molecule has 2 unspecified atom stereocenters. The Morgan fingerprint density at radius 2 is 1.92 bits per heavy atom. The molecule has 0 saturated carbocycles. The van der Waals surface area contributed by atoms with Crippen molar-refractivity contribution in [3.05, 3.63) is 101 Å². The number of carboxylic acid groups (broad SMARTS) is 1. The molecule has 0 fully saturated rings. The number of aromatic carboxylic acids is 1. The van der Waals surface area contributed by atoms with E-state index in [0.29, 0.717) is 12.0 Å². The van der Waals surface area contributed by atoms with Crippen LogP contribution in [-0.2, 0) is 11.2 Å². The molecule has 5 rings (SSSR count). The molecule has 3 aromatic carbocycles. The van der Waals surface area contributed by atoms with Crippen molar-refractivity contribution < 1.29 is 19.4 Å². The Morgan fingerprint density at radius 1 is 1.08 bits per heavy atom. The van der Waals surface area contributed by atoms with Crippen molar-refractivity contribution in [2.75, 3.05) is 0 Å². The molecule has 0 bridgehead atoms. The van der Waals surface area contributed by atoms with E-state index in [1.165, 1.54) is 18.3 Å². The van der Waals surface area contributed by atoms with Gasteiger partial charge in [0.15, 0.2) is 5.78 Å². The number of fused-ring (bicyclic) bond motifs is 1. The fourth-order valence-corrected chi connectivity index (χ4v) is 4.18. The third kappa shape index (κ3) is 5.07. The molecule has 8 heteroatoms. The highest BCUT2D eigenvalue weighted by Gasteiger charge is 2.27. The van der Waals surface area contributed by atoms with Crippen LogP contribution in [0.25, 0.3) is 0 Å². The number of ether oxygens (including phenoxy) is 1. The van der Waals surface area contributed by atoms with Crippen molar-refractivity contribution in [3.8, 4) is 5.75 Å². The molecule has 2 aliphatic heterocycles. The predicted octanol–water partition coefficient (Wildman–Crippen LogP) is 4.13. The summed E-state index contributed by atoms with van der Waals surface area (Å²) in [5.74, 6) is -0.514. The molecule has 2 heterocycles. The number of nitrogens with one attached hydrogen (secondary N) is 1. The van der Waals surface area contributed by atoms with Gasteiger partial charge in [-0.2, -0.15) is 5.10 Å². The molecule has 180 valence electrons. The van der Waals surface area contributed by atoms with Crippen molar-refractivity contribution in [1.29, 1.82) is 0 Å². The second kappa shape index (κ2) is 9.95. The van der Waals surface area contributed by atoms with Crippen molar-refractivity contribution in [2.45, 2.75) is 32.2 Å². The first-order valence-electron chi connectivity index (χ1n) is 11.6. The summed E-state index contributed by atoms with van der Waals surface area (Å²) in [5, 5.41) is 13.8. The molecule has 8 nitrogen and oxygen atoms in total. The van der Waals surface area contributed by atoms with E-state index in [4.69, 9.17) is 9.84 Å². The van der Waals surface area contributed by atoms with Crippen LogP contribution < -0.4 is 10.2 Å². The molecule has 0 radical (unpaired) electrons. The summed E-state index contributed by atoms with van der Waals surface area (Å²) in [5.41, 5.74) is 7.83. The zero-order valence-corrected chi connectivity index (χ0v) is 19.6. The number of aliphatic imine (C=N–C) groups is 2. The van der Waals surface area contributed by atoms with Gasteiger partial charge in [0.2, 0.25) is 6.29 Å². The van der Waals surface area contributed by atoms with Crippen LogP contribution in [0.15, 0.2) is 87.9 Å². The molecule has 2 N–H and O–H groups in total. The summed E-state index contributed by atoms with van der Waals surface area (Å²) in [6.45, 7) is 2.02. The lowest BCUT2D eigenvalue weighted by molar-refractivity contribution is -0.112. The third-order valence-corrected chi connectivity index (χ3v) is 6.00. The number of hydrogen-bond donors (Lipinski definition) is 2. The highest BCUT2D eigenvalue weighted by Crippen LogP contribution is 2.35. The van der Waals surface area contributed by atoms with Gasteiger partial charge in [-0.05, 0) is 42.3 Å². The zero-order valence-electron chi connectivity index (χ0n) is 19.6. The topological polar surface area (TPSA) is 113 Å². The Morgan fingerprint density at radius 3 is 2.72 bits per heavy atom. The minimum absolute atomic E-state index is 0.0377. The van der Waals surface area contributed by atoms with E-state index in [0.717, 1.165) is 28.2 Å². The molecule has 3 aromatic rings. The van der Waals surface area contributed by atoms with Crippen LogP contribution in [-0.4, -0.2) is 40.8 Å². The van der Waals surface area contributed by atoms with Crippen molar-refractivity contribution in [3.63, 3.8) is 0 Å². The molecular weight excluding hydrogens is 456 g/mol. The predicted molar refractivity (Wildman–Crippen MR) is 137 cm³/mol. The monoisotopic (exact) mass is 480 g/mol. The number of nitrogens with zero attached hydrogens (tertiary/aromatic N) is 3. The molecule has 0 aliphatic carbocycles. The van der Waals surface area contributed by atoms with Gasteiger partial charge in [0.1, 0.15) is 17.6 Å². The van der Waals surface area contributed by atoms with Crippen molar-refractivity contribution in [2.24, 2.45) is 15.1 Å². The molecule has 0 amide bonds. The summed E-state index contributed by atoms with van der Waals surface area (Å²) in [4.78, 5) is 32.5. The van der Waals surface area contributed by atoms with E-state index < -0.39 is 12.3 Å². The Hall–Kier alpha value is -4.59. The first-order chi connectivity index (χ1) is 17.5. The maximum absolute atomic E-state index is 12.7. The van der Waals surface area contributed by atoms with E-state index in [-0.39, 0.29) is 29.6 Å². The Bertz CT molecular complexity index is 1410. The molecule has 36 heavy (non-hydrogen) atoms. The molecule has 2 aliphatic rings. The maximum Gasteiger partial charge on any atom is 0.335 e. The fraction of sp³-hybridized carbons (Fsp3) is 0.179. The fourth-order valence-electron chi connectivity index (χ4n) is 4.18. The van der Waals surface area contributed by atoms with E-state index in [9.17, 15) is 9.59 Å². The number of benzene rings is 3. The quantitative estimate of drug-likeness (QED) is 0.494. The normalized spacial score (nSPS) is 19.4. The number of rotatable bonds is 7. The van der Waals surface area contributed by atoms with Crippen molar-refractivity contribution in [1.82, 2.24) is 5.43 Å². The first-order valence-corrected chi connectivity index (χ1v) is 11.6. The first kappa shape index (κ1) is 23.2. The Labute approximate surface area is 208 Å². The SMILES string of the molecule is Cc1ccc2c(c1)C(=NNC1N=CC(C(=O)Cc3cccc(C(=O)O)c3)=N1)CC(c1ccccc1)O2. The number of carboxylic acids is 1. The molecular formula is C28H24N4O4. The van der Waals surface area contributed by atoms with Crippen LogP contribution in [0, 0.1) is 6.92 Å². The number of ketones is 1. The third-order valence-electron chi connectivity index (χ3n) is 6.00. The lowest BCUT2D eigenvalue weighted by Crippen LogP contribution is -2.26. The largest absolute Gasteiger partial charge is 0.485 e. The van der Waals surface area contributed by atoms with Crippen molar-refractivity contribution >= 4 is 29.4 Å². The lowest BCUT2D eigenvalue weighted by atomic mass is 9.94. The van der Waals surface area contributed by atoms with E-state index in [1.807, 2.05) is 55.5 Å². The summed E-state index contributed by atoms with van der Waals surface area (Å²) < 4.78 is 6.26. The number of hydrazone groups is 1. The maximum atomic E-state index is 12.7. The number of Topliss-reactive ketones (excluding diaryl/α,β-unsaturated/α-hetero) is 1. The standard InChI is InChI=1S/C28H24N4O4/c1-17-10-11-25-21(12-17)22(15-26(36-25)19-7-3-2-4-8-19)31-32-28-29-16-23(30-28)24(33)14-18-6-5-9-20(13-18)27(34)35/h2-13,16,26,28,32H,14-15H2,1H3,(H,34,35). The van der Waals surface area contributed by atoms with Gasteiger partial charge in [-0.15, -0.1) is 0 Å². The summed E-state index contributed by atoms with van der Waals surface area (Å²) in [6.07, 6.45) is 1.15. The van der Waals surface area contributed by atoms with E-state index in [1.54, 1.807) is 12.1 Å². The van der Waals surface area contributed by atoms with Crippen LogP contribution in [0.2, 0.25) is 0 Å². The Balaban J connectivity index is 1.31. The summed E-state index contributed by atoms with van der Waals surface area (Å²) >= 11 is 0. The molecule has 0 spiro atoms. The summed E-state index contributed by atoms with van der Waals surface area (Å²) in [7, 11) is 0. The Kier molecular flexibility index (Phi) is 6.40. The van der Waals surface area contributed by atoms with Gasteiger partial charge in [-0.1, -0.05) is 54.1 Å². The van der Waals surface area contributed by atoms with Gasteiger partial charge in [0.25, 0.3) is 0 Å². The van der Waals surface area contributed by atoms with Gasteiger partial charge >= 0.3 is 5.97 Å². The second-order valence-electron chi connectivity index (χ2n) is 8.68. The van der Waals surface area contributed by atoms with Gasteiger partial charge < -0.3 is 9.84 Å². The number of aryl methyl sites for hydroxylation is 1. The zero-order chi connectivity index (χ0) is 25.1. The average molecular weight is 481 g/mol. The number of carbonyl (C=O) groups is 2. The molecule has 2 atom stereocenters. The van der Waals surface area contributed by atoms with Gasteiger partial charge in [-0.25, -0.2) is 14.8 Å². The highest BCUT2D eigenvalue weighted by molar-refractivity contribution is 6.62. The molecule has 0 saturated heterocycles. The average Bonchev–Trinajstić information content (AvgIpc) is 3.37. The van der Waals surface area contributed by atoms with Crippen LogP contribution in [0.1, 0.15) is 45.1 Å². The minimum Gasteiger partial charge on any atom is -0.485 e. The van der Waals surface area contributed by atoms with Crippen LogP contribution in [0.3, 0.4) is 0 Å². The molecule has 0 aromatic heterocycles. The number of carbonyl (C=O) groups excluding carboxylic acids is 1.